The summed E-state index contributed by atoms with van der Waals surface area (Å²) in [5, 5.41) is 6.06. The van der Waals surface area contributed by atoms with Gasteiger partial charge in [0.2, 0.25) is 5.91 Å². The van der Waals surface area contributed by atoms with Crippen molar-refractivity contribution in [1.29, 1.82) is 0 Å². The molecule has 1 aliphatic rings. The van der Waals surface area contributed by atoms with Crippen molar-refractivity contribution in [3.05, 3.63) is 59.7 Å². The molecule has 0 saturated heterocycles. The normalized spacial score (nSPS) is 12.8. The smallest absolute Gasteiger partial charge is 0.239 e. The summed E-state index contributed by atoms with van der Waals surface area (Å²) in [5.74, 6) is 1.44. The Balaban J connectivity index is 0.00000261. The SMILES string of the molecule is CN=C(NCC(=O)NCc1ccc(OC)cc1)N1CCc2ccccc21.I. The highest BCUT2D eigenvalue weighted by atomic mass is 127. The maximum atomic E-state index is 12.1. The highest BCUT2D eigenvalue weighted by Gasteiger charge is 2.22. The summed E-state index contributed by atoms with van der Waals surface area (Å²) >= 11 is 0. The standard InChI is InChI=1S/C20H24N4O2.HI/c1-21-20(24-12-11-16-5-3-4-6-18(16)24)23-14-19(25)22-13-15-7-9-17(26-2)10-8-15;/h3-10H,11-14H2,1-2H3,(H,21,23)(H,22,25);1H. The molecule has 0 spiro atoms. The van der Waals surface area contributed by atoms with E-state index in [9.17, 15) is 4.79 Å². The molecule has 0 atom stereocenters. The lowest BCUT2D eigenvalue weighted by Crippen LogP contribution is -2.45. The van der Waals surface area contributed by atoms with Gasteiger partial charge in [-0.3, -0.25) is 9.79 Å². The molecule has 2 aromatic carbocycles. The summed E-state index contributed by atoms with van der Waals surface area (Å²) in [7, 11) is 3.37. The average Bonchev–Trinajstić information content (AvgIpc) is 3.11. The Morgan fingerprint density at radius 3 is 2.59 bits per heavy atom. The quantitative estimate of drug-likeness (QED) is 0.393. The fraction of sp³-hybridized carbons (Fsp3) is 0.300. The van der Waals surface area contributed by atoms with Crippen molar-refractivity contribution in [2.24, 2.45) is 4.99 Å². The number of hydrogen-bond acceptors (Lipinski definition) is 3. The third kappa shape index (κ3) is 5.35. The Morgan fingerprint density at radius 2 is 1.89 bits per heavy atom. The molecule has 0 bridgehead atoms. The Kier molecular flexibility index (Phi) is 7.90. The summed E-state index contributed by atoms with van der Waals surface area (Å²) in [6.07, 6.45) is 0.987. The minimum Gasteiger partial charge on any atom is -0.497 e. The molecular formula is C20H25IN4O2. The summed E-state index contributed by atoms with van der Waals surface area (Å²) in [6, 6.07) is 15.9. The van der Waals surface area contributed by atoms with Gasteiger partial charge in [0.1, 0.15) is 5.75 Å². The number of nitrogens with one attached hydrogen (secondary N) is 2. The van der Waals surface area contributed by atoms with Gasteiger partial charge in [0.05, 0.1) is 13.7 Å². The number of halogens is 1. The number of amides is 1. The molecule has 0 unspecified atom stereocenters. The minimum atomic E-state index is -0.0746. The van der Waals surface area contributed by atoms with Gasteiger partial charge in [-0.05, 0) is 35.7 Å². The van der Waals surface area contributed by atoms with Gasteiger partial charge in [0.15, 0.2) is 5.96 Å². The molecule has 1 aliphatic heterocycles. The number of para-hydroxylation sites is 1. The number of carbonyl (C=O) groups is 1. The van der Waals surface area contributed by atoms with E-state index in [-0.39, 0.29) is 36.4 Å². The molecule has 0 aromatic heterocycles. The monoisotopic (exact) mass is 480 g/mol. The number of rotatable bonds is 5. The van der Waals surface area contributed by atoms with Crippen LogP contribution in [0.2, 0.25) is 0 Å². The van der Waals surface area contributed by atoms with E-state index >= 15 is 0 Å². The van der Waals surface area contributed by atoms with E-state index in [0.29, 0.717) is 6.54 Å². The molecule has 0 radical (unpaired) electrons. The first-order valence-electron chi connectivity index (χ1n) is 8.67. The zero-order valence-electron chi connectivity index (χ0n) is 15.6. The molecule has 2 aromatic rings. The molecule has 2 N–H and O–H groups in total. The van der Waals surface area contributed by atoms with E-state index < -0.39 is 0 Å². The molecule has 6 nitrogen and oxygen atoms in total. The third-order valence-electron chi connectivity index (χ3n) is 4.41. The zero-order valence-corrected chi connectivity index (χ0v) is 17.9. The lowest BCUT2D eigenvalue weighted by molar-refractivity contribution is -0.120. The number of ether oxygens (including phenoxy) is 1. The number of methoxy groups -OCH3 is 1. The molecule has 27 heavy (non-hydrogen) atoms. The highest BCUT2D eigenvalue weighted by Crippen LogP contribution is 2.27. The molecule has 0 saturated carbocycles. The van der Waals surface area contributed by atoms with E-state index in [1.54, 1.807) is 14.2 Å². The molecular weight excluding hydrogens is 455 g/mol. The van der Waals surface area contributed by atoms with Crippen LogP contribution in [0.15, 0.2) is 53.5 Å². The van der Waals surface area contributed by atoms with Crippen LogP contribution in [0.25, 0.3) is 0 Å². The number of aliphatic imine (C=N–C) groups is 1. The van der Waals surface area contributed by atoms with Gasteiger partial charge >= 0.3 is 0 Å². The van der Waals surface area contributed by atoms with E-state index in [1.807, 2.05) is 36.4 Å². The minimum absolute atomic E-state index is 0. The van der Waals surface area contributed by atoms with Crippen molar-refractivity contribution < 1.29 is 9.53 Å². The molecule has 1 amide bonds. The predicted molar refractivity (Wildman–Crippen MR) is 119 cm³/mol. The number of anilines is 1. The van der Waals surface area contributed by atoms with Crippen molar-refractivity contribution >= 4 is 41.5 Å². The number of nitrogens with zero attached hydrogens (tertiary/aromatic N) is 2. The molecule has 3 rings (SSSR count). The Hall–Kier alpha value is -2.29. The zero-order chi connectivity index (χ0) is 18.4. The second kappa shape index (κ2) is 10.1. The molecule has 1 heterocycles. The number of hydrogen-bond donors (Lipinski definition) is 2. The highest BCUT2D eigenvalue weighted by molar-refractivity contribution is 14.0. The predicted octanol–water partition coefficient (Wildman–Crippen LogP) is 2.57. The summed E-state index contributed by atoms with van der Waals surface area (Å²) < 4.78 is 5.13. The van der Waals surface area contributed by atoms with E-state index in [1.165, 1.54) is 5.56 Å². The van der Waals surface area contributed by atoms with Crippen LogP contribution in [0.3, 0.4) is 0 Å². The van der Waals surface area contributed by atoms with Crippen LogP contribution in [0.5, 0.6) is 5.75 Å². The Labute approximate surface area is 177 Å². The van der Waals surface area contributed by atoms with Gasteiger partial charge in [-0.25, -0.2) is 0 Å². The van der Waals surface area contributed by atoms with Gasteiger partial charge in [-0.2, -0.15) is 0 Å². The topological polar surface area (TPSA) is 66.0 Å². The maximum absolute atomic E-state index is 12.1. The first-order valence-corrected chi connectivity index (χ1v) is 8.67. The number of fused-ring (bicyclic) bond motifs is 1. The first kappa shape index (κ1) is 21.0. The van der Waals surface area contributed by atoms with Gasteiger partial charge in [0.25, 0.3) is 0 Å². The van der Waals surface area contributed by atoms with Crippen molar-refractivity contribution in [1.82, 2.24) is 10.6 Å². The number of guanidine groups is 1. The lowest BCUT2D eigenvalue weighted by atomic mass is 10.2. The van der Waals surface area contributed by atoms with Gasteiger partial charge in [-0.1, -0.05) is 30.3 Å². The third-order valence-corrected chi connectivity index (χ3v) is 4.41. The van der Waals surface area contributed by atoms with Crippen molar-refractivity contribution in [3.8, 4) is 5.75 Å². The summed E-state index contributed by atoms with van der Waals surface area (Å²) in [5.41, 5.74) is 3.48. The molecule has 0 fully saturated rings. The Morgan fingerprint density at radius 1 is 1.15 bits per heavy atom. The van der Waals surface area contributed by atoms with Crippen molar-refractivity contribution in [2.45, 2.75) is 13.0 Å². The van der Waals surface area contributed by atoms with Crippen LogP contribution < -0.4 is 20.3 Å². The second-order valence-corrected chi connectivity index (χ2v) is 6.06. The van der Waals surface area contributed by atoms with Crippen LogP contribution in [0.4, 0.5) is 5.69 Å². The first-order chi connectivity index (χ1) is 12.7. The lowest BCUT2D eigenvalue weighted by Gasteiger charge is -2.22. The molecule has 144 valence electrons. The van der Waals surface area contributed by atoms with Gasteiger partial charge < -0.3 is 20.3 Å². The van der Waals surface area contributed by atoms with Crippen molar-refractivity contribution in [3.63, 3.8) is 0 Å². The van der Waals surface area contributed by atoms with E-state index in [2.05, 4.69) is 32.7 Å². The number of carbonyl (C=O) groups excluding carboxylic acids is 1. The maximum Gasteiger partial charge on any atom is 0.239 e. The fourth-order valence-electron chi connectivity index (χ4n) is 3.02. The van der Waals surface area contributed by atoms with Crippen LogP contribution >= 0.6 is 24.0 Å². The van der Waals surface area contributed by atoms with Crippen LogP contribution in [-0.4, -0.2) is 39.1 Å². The number of benzene rings is 2. The Bertz CT molecular complexity index is 793. The van der Waals surface area contributed by atoms with Crippen LogP contribution in [0, 0.1) is 0 Å². The largest absolute Gasteiger partial charge is 0.497 e. The summed E-state index contributed by atoms with van der Waals surface area (Å²) in [6.45, 7) is 1.53. The summed E-state index contributed by atoms with van der Waals surface area (Å²) in [4.78, 5) is 18.6. The second-order valence-electron chi connectivity index (χ2n) is 6.06. The van der Waals surface area contributed by atoms with Crippen LogP contribution in [-0.2, 0) is 17.8 Å². The van der Waals surface area contributed by atoms with E-state index in [0.717, 1.165) is 35.9 Å². The van der Waals surface area contributed by atoms with Crippen molar-refractivity contribution in [2.75, 3.05) is 32.1 Å². The average molecular weight is 480 g/mol. The molecule has 7 heteroatoms. The van der Waals surface area contributed by atoms with Gasteiger partial charge in [-0.15, -0.1) is 24.0 Å². The van der Waals surface area contributed by atoms with E-state index in [4.69, 9.17) is 4.74 Å². The van der Waals surface area contributed by atoms with Gasteiger partial charge in [0, 0.05) is 25.8 Å². The molecule has 0 aliphatic carbocycles. The fourth-order valence-corrected chi connectivity index (χ4v) is 3.02. The van der Waals surface area contributed by atoms with Crippen LogP contribution in [0.1, 0.15) is 11.1 Å².